The molecule has 7 heteroatoms. The van der Waals surface area contributed by atoms with E-state index in [-0.39, 0.29) is 16.6 Å². The number of aromatic nitrogens is 2. The Bertz CT molecular complexity index is 924. The number of rotatable bonds is 5. The van der Waals surface area contributed by atoms with Crippen molar-refractivity contribution in [2.24, 2.45) is 0 Å². The fraction of sp³-hybridized carbons (Fsp3) is 0.235. The van der Waals surface area contributed by atoms with E-state index in [2.05, 4.69) is 9.97 Å². The number of aryl methyl sites for hydroxylation is 1. The van der Waals surface area contributed by atoms with Crippen LogP contribution in [0.5, 0.6) is 0 Å². The van der Waals surface area contributed by atoms with Crippen LogP contribution in [0.15, 0.2) is 18.3 Å². The lowest BCUT2D eigenvalue weighted by Crippen LogP contribution is -2.00. The van der Waals surface area contributed by atoms with Crippen LogP contribution in [-0.2, 0) is 24.1 Å². The van der Waals surface area contributed by atoms with E-state index in [1.165, 1.54) is 0 Å². The molecule has 1 aromatic carbocycles. The molecule has 124 valence electrons. The first-order chi connectivity index (χ1) is 11.5. The van der Waals surface area contributed by atoms with Crippen LogP contribution < -0.4 is 0 Å². The molecule has 0 spiro atoms. The molecule has 2 heterocycles. The number of benzene rings is 1. The summed E-state index contributed by atoms with van der Waals surface area (Å²) >= 11 is 0.981. The van der Waals surface area contributed by atoms with Crippen LogP contribution >= 0.6 is 11.3 Å². The molecule has 0 atom stereocenters. The Hall–Kier alpha value is -2.28. The molecule has 0 amide bonds. The molecule has 2 aromatic heterocycles. The molecule has 0 radical (unpaired) electrons. The Morgan fingerprint density at radius 1 is 1.21 bits per heavy atom. The molecule has 3 nitrogen and oxygen atoms in total. The summed E-state index contributed by atoms with van der Waals surface area (Å²) < 4.78 is 40.8. The van der Waals surface area contributed by atoms with Gasteiger partial charge >= 0.3 is 0 Å². The largest absolute Gasteiger partial charge is 0.303 e. The molecule has 24 heavy (non-hydrogen) atoms. The van der Waals surface area contributed by atoms with Gasteiger partial charge in [-0.1, -0.05) is 13.0 Å². The van der Waals surface area contributed by atoms with Crippen molar-refractivity contribution in [1.82, 2.24) is 9.97 Å². The van der Waals surface area contributed by atoms with Gasteiger partial charge in [0.05, 0.1) is 9.71 Å². The van der Waals surface area contributed by atoms with Gasteiger partial charge in [-0.15, -0.1) is 11.3 Å². The number of fused-ring (bicyclic) bond motifs is 1. The van der Waals surface area contributed by atoms with Crippen molar-refractivity contribution >= 4 is 27.8 Å². The van der Waals surface area contributed by atoms with Gasteiger partial charge < -0.3 is 4.79 Å². The summed E-state index contributed by atoms with van der Waals surface area (Å²) in [5, 5.41) is 0.455. The van der Waals surface area contributed by atoms with Crippen molar-refractivity contribution in [3.05, 3.63) is 57.6 Å². The average Bonchev–Trinajstić information content (AvgIpc) is 2.98. The van der Waals surface area contributed by atoms with E-state index in [4.69, 9.17) is 0 Å². The molecule has 0 saturated carbocycles. The molecule has 0 saturated heterocycles. The minimum absolute atomic E-state index is 0.00449. The van der Waals surface area contributed by atoms with E-state index in [0.29, 0.717) is 23.9 Å². The summed E-state index contributed by atoms with van der Waals surface area (Å²) in [5.74, 6) is -3.22. The van der Waals surface area contributed by atoms with Crippen LogP contribution in [0.4, 0.5) is 13.2 Å². The van der Waals surface area contributed by atoms with E-state index in [1.54, 1.807) is 6.20 Å². The standard InChI is InChI=1S/C17H13F3N2OS/c1-2-13-10(3-4-23)5-9(8-21-13)6-14-22-16-15(20)11(18)7-12(19)17(16)24-14/h4-5,7-8H,2-3,6H2,1H3. The predicted molar refractivity (Wildman–Crippen MR) is 85.7 cm³/mol. The van der Waals surface area contributed by atoms with Crippen LogP contribution in [0.2, 0.25) is 0 Å². The Labute approximate surface area is 140 Å². The van der Waals surface area contributed by atoms with Crippen LogP contribution in [0, 0.1) is 17.5 Å². The van der Waals surface area contributed by atoms with Gasteiger partial charge in [0, 0.05) is 30.8 Å². The molecule has 0 N–H and O–H groups in total. The number of halogens is 3. The average molecular weight is 350 g/mol. The molecular weight excluding hydrogens is 337 g/mol. The number of carbonyl (C=O) groups excluding carboxylic acids is 1. The molecule has 3 aromatic rings. The topological polar surface area (TPSA) is 42.9 Å². The summed E-state index contributed by atoms with van der Waals surface area (Å²) in [5.41, 5.74) is 2.16. The number of hydrogen-bond acceptors (Lipinski definition) is 4. The first-order valence-electron chi connectivity index (χ1n) is 7.36. The smallest absolute Gasteiger partial charge is 0.186 e. The maximum Gasteiger partial charge on any atom is 0.186 e. The molecule has 0 bridgehead atoms. The number of pyridine rings is 1. The van der Waals surface area contributed by atoms with Crippen molar-refractivity contribution in [3.63, 3.8) is 0 Å². The van der Waals surface area contributed by atoms with Gasteiger partial charge in [0.1, 0.15) is 17.6 Å². The minimum atomic E-state index is -1.25. The van der Waals surface area contributed by atoms with Crippen molar-refractivity contribution in [1.29, 1.82) is 0 Å². The van der Waals surface area contributed by atoms with E-state index in [0.717, 1.165) is 34.4 Å². The van der Waals surface area contributed by atoms with Gasteiger partial charge in [-0.25, -0.2) is 18.2 Å². The fourth-order valence-electron chi connectivity index (χ4n) is 2.55. The molecule has 0 aliphatic carbocycles. The van der Waals surface area contributed by atoms with Crippen LogP contribution in [0.1, 0.15) is 28.8 Å². The Kier molecular flexibility index (Phi) is 4.62. The summed E-state index contributed by atoms with van der Waals surface area (Å²) in [7, 11) is 0. The zero-order valence-electron chi connectivity index (χ0n) is 12.8. The second kappa shape index (κ2) is 6.68. The minimum Gasteiger partial charge on any atom is -0.303 e. The Morgan fingerprint density at radius 2 is 2.00 bits per heavy atom. The third-order valence-corrected chi connectivity index (χ3v) is 4.73. The van der Waals surface area contributed by atoms with Gasteiger partial charge in [0.2, 0.25) is 0 Å². The summed E-state index contributed by atoms with van der Waals surface area (Å²) in [4.78, 5) is 19.1. The molecule has 3 rings (SSSR count). The van der Waals surface area contributed by atoms with Gasteiger partial charge in [-0.05, 0) is 17.5 Å². The number of hydrogen-bond donors (Lipinski definition) is 0. The highest BCUT2D eigenvalue weighted by atomic mass is 32.1. The van der Waals surface area contributed by atoms with Crippen molar-refractivity contribution in [3.8, 4) is 0 Å². The Balaban J connectivity index is 1.98. The van der Waals surface area contributed by atoms with Gasteiger partial charge in [0.15, 0.2) is 11.6 Å². The highest BCUT2D eigenvalue weighted by Gasteiger charge is 2.17. The second-order valence-corrected chi connectivity index (χ2v) is 6.37. The molecule has 0 unspecified atom stereocenters. The lowest BCUT2D eigenvalue weighted by molar-refractivity contribution is -0.107. The maximum absolute atomic E-state index is 13.8. The number of thiazole rings is 1. The van der Waals surface area contributed by atoms with Crippen molar-refractivity contribution in [2.75, 3.05) is 0 Å². The fourth-order valence-corrected chi connectivity index (χ4v) is 3.55. The van der Waals surface area contributed by atoms with Gasteiger partial charge in [-0.3, -0.25) is 4.98 Å². The van der Waals surface area contributed by atoms with Crippen molar-refractivity contribution in [2.45, 2.75) is 26.2 Å². The quantitative estimate of drug-likeness (QED) is 0.516. The Morgan fingerprint density at radius 3 is 2.71 bits per heavy atom. The zero-order valence-corrected chi connectivity index (χ0v) is 13.6. The summed E-state index contributed by atoms with van der Waals surface area (Å²) in [6, 6.07) is 2.37. The van der Waals surface area contributed by atoms with E-state index in [1.807, 2.05) is 13.0 Å². The lowest BCUT2D eigenvalue weighted by atomic mass is 10.1. The SMILES string of the molecule is CCc1ncc(Cc2nc3c(F)c(F)cc(F)c3s2)cc1CC=O. The second-order valence-electron chi connectivity index (χ2n) is 5.29. The lowest BCUT2D eigenvalue weighted by Gasteiger charge is -2.06. The van der Waals surface area contributed by atoms with Crippen LogP contribution in [0.25, 0.3) is 10.2 Å². The summed E-state index contributed by atoms with van der Waals surface area (Å²) in [6.07, 6.45) is 3.75. The van der Waals surface area contributed by atoms with Gasteiger partial charge in [0.25, 0.3) is 0 Å². The van der Waals surface area contributed by atoms with E-state index >= 15 is 0 Å². The highest BCUT2D eigenvalue weighted by molar-refractivity contribution is 7.18. The van der Waals surface area contributed by atoms with E-state index in [9.17, 15) is 18.0 Å². The molecule has 0 aliphatic rings. The molecular formula is C17H13F3N2OS. The molecule has 0 aliphatic heterocycles. The monoisotopic (exact) mass is 350 g/mol. The van der Waals surface area contributed by atoms with Crippen molar-refractivity contribution < 1.29 is 18.0 Å². The highest BCUT2D eigenvalue weighted by Crippen LogP contribution is 2.30. The summed E-state index contributed by atoms with van der Waals surface area (Å²) in [6.45, 7) is 1.95. The third kappa shape index (κ3) is 3.03. The third-order valence-electron chi connectivity index (χ3n) is 3.67. The maximum atomic E-state index is 13.8. The number of aldehydes is 1. The van der Waals surface area contributed by atoms with Crippen LogP contribution in [-0.4, -0.2) is 16.3 Å². The predicted octanol–water partition coefficient (Wildman–Crippen LogP) is 4.00. The first-order valence-corrected chi connectivity index (χ1v) is 8.18. The number of nitrogens with zero attached hydrogens (tertiary/aromatic N) is 2. The zero-order chi connectivity index (χ0) is 17.3. The van der Waals surface area contributed by atoms with Crippen LogP contribution in [0.3, 0.4) is 0 Å². The first kappa shape index (κ1) is 16.6. The van der Waals surface area contributed by atoms with Gasteiger partial charge in [-0.2, -0.15) is 0 Å². The number of carbonyl (C=O) groups is 1. The normalized spacial score (nSPS) is 11.2. The van der Waals surface area contributed by atoms with E-state index < -0.39 is 17.5 Å². The molecule has 0 fully saturated rings.